The predicted molar refractivity (Wildman–Crippen MR) is 106 cm³/mol. The molecule has 0 unspecified atom stereocenters. The maximum Gasteiger partial charge on any atom is 0.319 e. The molecule has 1 saturated heterocycles. The third-order valence-corrected chi connectivity index (χ3v) is 5.35. The van der Waals surface area contributed by atoms with Crippen molar-refractivity contribution < 1.29 is 9.53 Å². The van der Waals surface area contributed by atoms with Crippen LogP contribution in [0.2, 0.25) is 0 Å². The number of thiazole rings is 1. The Balaban J connectivity index is 1.41. The lowest BCUT2D eigenvalue weighted by Crippen LogP contribution is -2.44. The van der Waals surface area contributed by atoms with Gasteiger partial charge >= 0.3 is 6.03 Å². The number of fused-ring (bicyclic) bond motifs is 1. The highest BCUT2D eigenvalue weighted by molar-refractivity contribution is 7.16. The number of rotatable bonds is 5. The summed E-state index contributed by atoms with van der Waals surface area (Å²) in [5.74, 6) is 0. The minimum atomic E-state index is -0.229. The van der Waals surface area contributed by atoms with Crippen LogP contribution in [0.15, 0.2) is 48.1 Å². The van der Waals surface area contributed by atoms with Crippen LogP contribution in [0.25, 0.3) is 10.2 Å². The van der Waals surface area contributed by atoms with Crippen LogP contribution >= 0.6 is 11.3 Å². The molecule has 3 aromatic rings. The van der Waals surface area contributed by atoms with Crippen molar-refractivity contribution in [2.75, 3.05) is 38.2 Å². The molecule has 1 fully saturated rings. The summed E-state index contributed by atoms with van der Waals surface area (Å²) in [5.41, 5.74) is 4.44. The first-order valence-corrected chi connectivity index (χ1v) is 9.78. The molecular weight excluding hydrogens is 362 g/mol. The van der Waals surface area contributed by atoms with Crippen molar-refractivity contribution in [2.24, 2.45) is 0 Å². The van der Waals surface area contributed by atoms with E-state index in [1.807, 2.05) is 36.4 Å². The Morgan fingerprint density at radius 2 is 2.11 bits per heavy atom. The lowest BCUT2D eigenvalue weighted by Gasteiger charge is -2.34. The van der Waals surface area contributed by atoms with Crippen molar-refractivity contribution in [3.8, 4) is 0 Å². The van der Waals surface area contributed by atoms with Gasteiger partial charge in [0.2, 0.25) is 0 Å². The molecule has 1 aliphatic rings. The molecule has 0 saturated carbocycles. The second-order valence-electron chi connectivity index (χ2n) is 6.29. The second-order valence-corrected chi connectivity index (χ2v) is 7.17. The number of ether oxygens (including phenoxy) is 1. The molecule has 140 valence electrons. The van der Waals surface area contributed by atoms with Gasteiger partial charge in [0.1, 0.15) is 0 Å². The molecule has 0 spiro atoms. The van der Waals surface area contributed by atoms with Gasteiger partial charge in [-0.2, -0.15) is 0 Å². The van der Waals surface area contributed by atoms with E-state index in [1.165, 1.54) is 0 Å². The van der Waals surface area contributed by atoms with E-state index in [1.54, 1.807) is 23.0 Å². The van der Waals surface area contributed by atoms with Crippen LogP contribution in [0.5, 0.6) is 0 Å². The summed E-state index contributed by atoms with van der Waals surface area (Å²) in [4.78, 5) is 23.4. The number of hydrogen-bond acceptors (Lipinski definition) is 6. The number of anilines is 1. The molecule has 1 aliphatic heterocycles. The average Bonchev–Trinajstić information content (AvgIpc) is 3.18. The molecule has 2 amide bonds. The fraction of sp³-hybridized carbons (Fsp3) is 0.316. The van der Waals surface area contributed by atoms with Gasteiger partial charge in [0.05, 0.1) is 40.7 Å². The zero-order valence-corrected chi connectivity index (χ0v) is 15.6. The highest BCUT2D eigenvalue weighted by Crippen LogP contribution is 2.22. The minimum Gasteiger partial charge on any atom is -0.379 e. The molecule has 3 heterocycles. The van der Waals surface area contributed by atoms with Crippen LogP contribution in [0.3, 0.4) is 0 Å². The number of carbonyl (C=O) groups excluding carboxylic acids is 1. The minimum absolute atomic E-state index is 0.0184. The summed E-state index contributed by atoms with van der Waals surface area (Å²) in [5, 5.41) is 5.88. The van der Waals surface area contributed by atoms with Crippen molar-refractivity contribution >= 4 is 33.3 Å². The summed E-state index contributed by atoms with van der Waals surface area (Å²) in [6, 6.07) is 11.4. The number of pyridine rings is 1. The van der Waals surface area contributed by atoms with Crippen molar-refractivity contribution in [1.82, 2.24) is 20.2 Å². The molecular formula is C19H21N5O2S. The van der Waals surface area contributed by atoms with Crippen LogP contribution < -0.4 is 10.6 Å². The Labute approximate surface area is 161 Å². The number of hydrogen-bond donors (Lipinski definition) is 2. The van der Waals surface area contributed by atoms with Crippen molar-refractivity contribution in [3.05, 3.63) is 53.8 Å². The standard InChI is InChI=1S/C19H21N5O2S/c25-19(23-14-4-5-16-18(11-14)27-13-22-16)21-12-17(15-3-1-2-6-20-15)24-7-9-26-10-8-24/h1-6,11,13,17H,7-10,12H2,(H2,21,23,25)/t17-/m1/s1. The van der Waals surface area contributed by atoms with Gasteiger partial charge in [-0.15, -0.1) is 11.3 Å². The molecule has 8 heteroatoms. The van der Waals surface area contributed by atoms with E-state index >= 15 is 0 Å². The second kappa shape index (κ2) is 8.43. The van der Waals surface area contributed by atoms with Crippen molar-refractivity contribution in [1.29, 1.82) is 0 Å². The van der Waals surface area contributed by atoms with Crippen LogP contribution in [0.1, 0.15) is 11.7 Å². The molecule has 0 bridgehead atoms. The highest BCUT2D eigenvalue weighted by Gasteiger charge is 2.24. The number of amides is 2. The van der Waals surface area contributed by atoms with Gasteiger partial charge in [-0.3, -0.25) is 9.88 Å². The molecule has 2 aromatic heterocycles. The Kier molecular flexibility index (Phi) is 5.57. The summed E-state index contributed by atoms with van der Waals surface area (Å²) in [6.07, 6.45) is 1.78. The Hall–Kier alpha value is -2.55. The van der Waals surface area contributed by atoms with Crippen LogP contribution in [-0.4, -0.2) is 53.7 Å². The van der Waals surface area contributed by atoms with Gasteiger partial charge in [-0.1, -0.05) is 6.07 Å². The largest absolute Gasteiger partial charge is 0.379 e. The van der Waals surface area contributed by atoms with E-state index in [2.05, 4.69) is 25.5 Å². The third-order valence-electron chi connectivity index (χ3n) is 4.56. The Morgan fingerprint density at radius 3 is 2.93 bits per heavy atom. The predicted octanol–water partition coefficient (Wildman–Crippen LogP) is 2.89. The van der Waals surface area contributed by atoms with Crippen molar-refractivity contribution in [2.45, 2.75) is 6.04 Å². The number of nitrogens with zero attached hydrogens (tertiary/aromatic N) is 3. The highest BCUT2D eigenvalue weighted by atomic mass is 32.1. The lowest BCUT2D eigenvalue weighted by atomic mass is 10.1. The van der Waals surface area contributed by atoms with Crippen LogP contribution in [0, 0.1) is 0 Å². The fourth-order valence-electron chi connectivity index (χ4n) is 3.18. The van der Waals surface area contributed by atoms with Gasteiger partial charge in [0, 0.05) is 31.5 Å². The van der Waals surface area contributed by atoms with Gasteiger partial charge in [0.25, 0.3) is 0 Å². The molecule has 7 nitrogen and oxygen atoms in total. The molecule has 4 rings (SSSR count). The molecule has 1 aromatic carbocycles. The molecule has 0 radical (unpaired) electrons. The smallest absolute Gasteiger partial charge is 0.319 e. The first kappa shape index (κ1) is 17.8. The average molecular weight is 383 g/mol. The number of morpholine rings is 1. The first-order chi connectivity index (χ1) is 13.3. The molecule has 0 aliphatic carbocycles. The number of urea groups is 1. The summed E-state index contributed by atoms with van der Waals surface area (Å²) >= 11 is 1.55. The van der Waals surface area contributed by atoms with E-state index < -0.39 is 0 Å². The zero-order valence-electron chi connectivity index (χ0n) is 14.8. The molecule has 27 heavy (non-hydrogen) atoms. The normalized spacial score (nSPS) is 16.1. The van der Waals surface area contributed by atoms with Gasteiger partial charge in [-0.05, 0) is 30.3 Å². The maximum atomic E-state index is 12.4. The van der Waals surface area contributed by atoms with Gasteiger partial charge < -0.3 is 15.4 Å². The molecule has 1 atom stereocenters. The first-order valence-electron chi connectivity index (χ1n) is 8.90. The monoisotopic (exact) mass is 383 g/mol. The van der Waals surface area contributed by atoms with E-state index in [9.17, 15) is 4.79 Å². The zero-order chi connectivity index (χ0) is 18.5. The quantitative estimate of drug-likeness (QED) is 0.708. The number of benzene rings is 1. The Morgan fingerprint density at radius 1 is 1.22 bits per heavy atom. The topological polar surface area (TPSA) is 79.4 Å². The van der Waals surface area contributed by atoms with Crippen LogP contribution in [0.4, 0.5) is 10.5 Å². The number of aromatic nitrogens is 2. The number of carbonyl (C=O) groups is 1. The van der Waals surface area contributed by atoms with E-state index in [4.69, 9.17) is 4.74 Å². The van der Waals surface area contributed by atoms with Gasteiger partial charge in [-0.25, -0.2) is 9.78 Å². The number of nitrogens with one attached hydrogen (secondary N) is 2. The van der Waals surface area contributed by atoms with E-state index in [0.29, 0.717) is 19.8 Å². The summed E-state index contributed by atoms with van der Waals surface area (Å²) in [7, 11) is 0. The van der Waals surface area contributed by atoms with Gasteiger partial charge in [0.15, 0.2) is 0 Å². The summed E-state index contributed by atoms with van der Waals surface area (Å²) in [6.45, 7) is 3.53. The SMILES string of the molecule is O=C(NC[C@H](c1ccccn1)N1CCOCC1)Nc1ccc2ncsc2c1. The van der Waals surface area contributed by atoms with Crippen molar-refractivity contribution in [3.63, 3.8) is 0 Å². The fourth-order valence-corrected chi connectivity index (χ4v) is 3.90. The third kappa shape index (κ3) is 4.41. The summed E-state index contributed by atoms with van der Waals surface area (Å²) < 4.78 is 6.50. The molecule has 2 N–H and O–H groups in total. The lowest BCUT2D eigenvalue weighted by molar-refractivity contribution is 0.0159. The Bertz CT molecular complexity index is 895. The maximum absolute atomic E-state index is 12.4. The van der Waals surface area contributed by atoms with E-state index in [0.717, 1.165) is 34.7 Å². The van der Waals surface area contributed by atoms with E-state index in [-0.39, 0.29) is 12.1 Å². The van der Waals surface area contributed by atoms with Crippen LogP contribution in [-0.2, 0) is 4.74 Å².